The number of carbonyl (C=O) groups is 3. The topological polar surface area (TPSA) is 123 Å². The molecule has 0 spiro atoms. The molecule has 1 rings (SSSR count). The van der Waals surface area contributed by atoms with Crippen LogP contribution in [0.5, 0.6) is 0 Å². The van der Waals surface area contributed by atoms with Crippen LogP contribution in [0.2, 0.25) is 0 Å². The van der Waals surface area contributed by atoms with E-state index >= 15 is 0 Å². The zero-order chi connectivity index (χ0) is 17.1. The van der Waals surface area contributed by atoms with E-state index in [1.54, 1.807) is 33.8 Å². The van der Waals surface area contributed by atoms with Gasteiger partial charge in [0.05, 0.1) is 0 Å². The van der Waals surface area contributed by atoms with E-state index in [9.17, 15) is 14.4 Å². The van der Waals surface area contributed by atoms with Crippen LogP contribution in [0, 0.1) is 6.92 Å². The third-order valence-corrected chi connectivity index (χ3v) is 2.47. The van der Waals surface area contributed by atoms with Crippen molar-refractivity contribution >= 4 is 23.8 Å². The molecule has 0 aromatic carbocycles. The number of imide groups is 1. The molecule has 0 saturated carbocycles. The van der Waals surface area contributed by atoms with Crippen molar-refractivity contribution in [3.63, 3.8) is 0 Å². The summed E-state index contributed by atoms with van der Waals surface area (Å²) in [5.74, 6) is -2.13. The molecule has 0 atom stereocenters. The number of hydrogen-bond donors (Lipinski definition) is 2. The fraction of sp³-hybridized carbons (Fsp3) is 0.429. The van der Waals surface area contributed by atoms with Gasteiger partial charge < -0.3 is 15.6 Å². The molecule has 2 amide bonds. The standard InChI is InChI=1S/C14H19N3O5/c1-8-5-6-9(15)16-11(8)12(20)17(7-10(18)19)13(21)22-14(2,3)4/h5-6H,7H2,1-4H3,(H2,15,16)(H,18,19). The minimum Gasteiger partial charge on any atom is -0.480 e. The van der Waals surface area contributed by atoms with Crippen molar-refractivity contribution in [2.75, 3.05) is 12.3 Å². The number of aryl methyl sites for hydroxylation is 1. The number of ether oxygens (including phenoxy) is 1. The van der Waals surface area contributed by atoms with Crippen LogP contribution < -0.4 is 5.73 Å². The second kappa shape index (κ2) is 6.42. The molecule has 0 saturated heterocycles. The van der Waals surface area contributed by atoms with Gasteiger partial charge in [-0.05, 0) is 39.3 Å². The first-order valence-corrected chi connectivity index (χ1v) is 6.51. The lowest BCUT2D eigenvalue weighted by Gasteiger charge is -2.25. The number of pyridine rings is 1. The highest BCUT2D eigenvalue weighted by Gasteiger charge is 2.31. The zero-order valence-corrected chi connectivity index (χ0v) is 12.9. The minimum atomic E-state index is -1.35. The van der Waals surface area contributed by atoms with Gasteiger partial charge in [-0.15, -0.1) is 0 Å². The van der Waals surface area contributed by atoms with Crippen molar-refractivity contribution in [1.82, 2.24) is 9.88 Å². The molecule has 0 unspecified atom stereocenters. The zero-order valence-electron chi connectivity index (χ0n) is 12.9. The third kappa shape index (κ3) is 4.72. The summed E-state index contributed by atoms with van der Waals surface area (Å²) in [5, 5.41) is 8.90. The van der Waals surface area contributed by atoms with Crippen LogP contribution in [0.25, 0.3) is 0 Å². The summed E-state index contributed by atoms with van der Waals surface area (Å²) < 4.78 is 5.06. The molecule has 0 aliphatic carbocycles. The van der Waals surface area contributed by atoms with Crippen LogP contribution in [0.3, 0.4) is 0 Å². The molecule has 1 heterocycles. The van der Waals surface area contributed by atoms with Crippen LogP contribution in [0.1, 0.15) is 36.8 Å². The van der Waals surface area contributed by atoms with Crippen molar-refractivity contribution < 1.29 is 24.2 Å². The number of aromatic nitrogens is 1. The van der Waals surface area contributed by atoms with Gasteiger partial charge in [-0.3, -0.25) is 9.59 Å². The van der Waals surface area contributed by atoms with E-state index in [1.807, 2.05) is 0 Å². The van der Waals surface area contributed by atoms with Gasteiger partial charge in [-0.1, -0.05) is 6.07 Å². The average molecular weight is 309 g/mol. The monoisotopic (exact) mass is 309 g/mol. The molecule has 1 aromatic heterocycles. The Balaban J connectivity index is 3.16. The Morgan fingerprint density at radius 3 is 2.41 bits per heavy atom. The van der Waals surface area contributed by atoms with Crippen LogP contribution in [-0.2, 0) is 9.53 Å². The van der Waals surface area contributed by atoms with Gasteiger partial charge in [0.1, 0.15) is 23.7 Å². The predicted octanol–water partition coefficient (Wildman–Crippen LogP) is 1.43. The first-order chi connectivity index (χ1) is 10.0. The molecule has 0 aliphatic heterocycles. The normalized spacial score (nSPS) is 10.9. The van der Waals surface area contributed by atoms with Crippen molar-refractivity contribution in [2.45, 2.75) is 33.3 Å². The molecule has 0 aliphatic rings. The summed E-state index contributed by atoms with van der Waals surface area (Å²) in [6.07, 6.45) is -1.05. The Kier molecular flexibility index (Phi) is 5.08. The number of amides is 2. The van der Waals surface area contributed by atoms with Gasteiger partial charge in [0.25, 0.3) is 5.91 Å². The van der Waals surface area contributed by atoms with Gasteiger partial charge in [-0.2, -0.15) is 0 Å². The molecule has 120 valence electrons. The quantitative estimate of drug-likeness (QED) is 0.865. The van der Waals surface area contributed by atoms with Crippen molar-refractivity contribution in [3.05, 3.63) is 23.4 Å². The lowest BCUT2D eigenvalue weighted by atomic mass is 10.2. The Morgan fingerprint density at radius 1 is 1.32 bits per heavy atom. The SMILES string of the molecule is Cc1ccc(N)nc1C(=O)N(CC(=O)O)C(=O)OC(C)(C)C. The number of nitrogens with zero attached hydrogens (tertiary/aromatic N) is 2. The molecule has 0 radical (unpaired) electrons. The molecule has 0 fully saturated rings. The summed E-state index contributed by atoms with van der Waals surface area (Å²) in [7, 11) is 0. The second-order valence-corrected chi connectivity index (χ2v) is 5.67. The highest BCUT2D eigenvalue weighted by molar-refractivity contribution is 6.04. The van der Waals surface area contributed by atoms with E-state index in [0.29, 0.717) is 10.5 Å². The number of carbonyl (C=O) groups excluding carboxylic acids is 2. The molecule has 8 nitrogen and oxygen atoms in total. The molecular formula is C14H19N3O5. The maximum absolute atomic E-state index is 12.4. The largest absolute Gasteiger partial charge is 0.480 e. The Hall–Kier alpha value is -2.64. The number of nitrogens with two attached hydrogens (primary N) is 1. The van der Waals surface area contributed by atoms with E-state index in [-0.39, 0.29) is 11.5 Å². The highest BCUT2D eigenvalue weighted by Crippen LogP contribution is 2.15. The summed E-state index contributed by atoms with van der Waals surface area (Å²) in [4.78, 5) is 39.8. The van der Waals surface area contributed by atoms with Gasteiger partial charge in [-0.25, -0.2) is 14.7 Å². The van der Waals surface area contributed by atoms with Crippen molar-refractivity contribution in [3.8, 4) is 0 Å². The first kappa shape index (κ1) is 17.4. The predicted molar refractivity (Wildman–Crippen MR) is 78.3 cm³/mol. The van der Waals surface area contributed by atoms with Crippen molar-refractivity contribution in [2.24, 2.45) is 0 Å². The highest BCUT2D eigenvalue weighted by atomic mass is 16.6. The lowest BCUT2D eigenvalue weighted by Crippen LogP contribution is -2.44. The Labute approximate surface area is 127 Å². The molecule has 8 heteroatoms. The maximum Gasteiger partial charge on any atom is 0.417 e. The van der Waals surface area contributed by atoms with Gasteiger partial charge in [0, 0.05) is 0 Å². The van der Waals surface area contributed by atoms with Crippen LogP contribution in [0.4, 0.5) is 10.6 Å². The van der Waals surface area contributed by atoms with E-state index in [2.05, 4.69) is 4.98 Å². The first-order valence-electron chi connectivity index (χ1n) is 6.51. The van der Waals surface area contributed by atoms with E-state index in [4.69, 9.17) is 15.6 Å². The molecule has 22 heavy (non-hydrogen) atoms. The second-order valence-electron chi connectivity index (χ2n) is 5.67. The van der Waals surface area contributed by atoms with Crippen LogP contribution in [-0.4, -0.2) is 45.1 Å². The summed E-state index contributed by atoms with van der Waals surface area (Å²) >= 11 is 0. The smallest absolute Gasteiger partial charge is 0.417 e. The average Bonchev–Trinajstić information content (AvgIpc) is 2.35. The number of aliphatic carboxylic acids is 1. The number of hydrogen-bond acceptors (Lipinski definition) is 6. The van der Waals surface area contributed by atoms with E-state index in [0.717, 1.165) is 0 Å². The molecule has 0 bridgehead atoms. The lowest BCUT2D eigenvalue weighted by molar-refractivity contribution is -0.137. The van der Waals surface area contributed by atoms with Gasteiger partial charge >= 0.3 is 12.1 Å². The van der Waals surface area contributed by atoms with Gasteiger partial charge in [0.15, 0.2) is 0 Å². The Morgan fingerprint density at radius 2 is 1.91 bits per heavy atom. The van der Waals surface area contributed by atoms with Crippen LogP contribution >= 0.6 is 0 Å². The van der Waals surface area contributed by atoms with E-state index < -0.39 is 30.1 Å². The third-order valence-electron chi connectivity index (χ3n) is 2.47. The Bertz CT molecular complexity index is 607. The fourth-order valence-corrected chi connectivity index (χ4v) is 1.56. The number of anilines is 1. The number of carboxylic acid groups (broad SMARTS) is 1. The number of carboxylic acids is 1. The minimum absolute atomic E-state index is 0.0906. The summed E-state index contributed by atoms with van der Waals surface area (Å²) in [6, 6.07) is 3.06. The van der Waals surface area contributed by atoms with E-state index in [1.165, 1.54) is 6.07 Å². The molecular weight excluding hydrogens is 290 g/mol. The van der Waals surface area contributed by atoms with Crippen molar-refractivity contribution in [1.29, 1.82) is 0 Å². The summed E-state index contributed by atoms with van der Waals surface area (Å²) in [5.41, 5.74) is 5.04. The fourth-order valence-electron chi connectivity index (χ4n) is 1.56. The van der Waals surface area contributed by atoms with Gasteiger partial charge in [0.2, 0.25) is 0 Å². The molecule has 3 N–H and O–H groups in total. The number of nitrogen functional groups attached to an aromatic ring is 1. The summed E-state index contributed by atoms with van der Waals surface area (Å²) in [6.45, 7) is 5.60. The molecule has 1 aromatic rings. The van der Waals surface area contributed by atoms with Crippen LogP contribution in [0.15, 0.2) is 12.1 Å². The number of rotatable bonds is 3. The maximum atomic E-state index is 12.4.